The Bertz CT molecular complexity index is 980. The third-order valence-corrected chi connectivity index (χ3v) is 3.98. The second kappa shape index (κ2) is 6.20. The maximum absolute atomic E-state index is 12.5. The van der Waals surface area contributed by atoms with Crippen LogP contribution in [-0.2, 0) is 6.54 Å². The summed E-state index contributed by atoms with van der Waals surface area (Å²) in [6.45, 7) is 4.11. The van der Waals surface area contributed by atoms with Gasteiger partial charge in [0, 0.05) is 49.5 Å². The fourth-order valence-electron chi connectivity index (χ4n) is 2.83. The number of carbonyl (C=O) groups is 1. The highest BCUT2D eigenvalue weighted by molar-refractivity contribution is 6.05. The molecule has 0 aliphatic carbocycles. The van der Waals surface area contributed by atoms with Crippen LogP contribution in [0.1, 0.15) is 10.4 Å². The quantitative estimate of drug-likeness (QED) is 0.751. The lowest BCUT2D eigenvalue weighted by atomic mass is 9.97. The van der Waals surface area contributed by atoms with E-state index in [2.05, 4.69) is 11.6 Å². The van der Waals surface area contributed by atoms with Crippen LogP contribution in [0.5, 0.6) is 0 Å². The van der Waals surface area contributed by atoms with E-state index in [-0.39, 0.29) is 11.5 Å². The minimum Gasteiger partial charge on any atom is -0.357 e. The lowest BCUT2D eigenvalue weighted by molar-refractivity contribution is 0.0828. The van der Waals surface area contributed by atoms with Gasteiger partial charge in [-0.3, -0.25) is 9.59 Å². The Kier molecular flexibility index (Phi) is 4.08. The van der Waals surface area contributed by atoms with Crippen molar-refractivity contribution in [3.63, 3.8) is 0 Å². The molecule has 0 aliphatic heterocycles. The molecule has 3 aromatic rings. The average molecular weight is 321 g/mol. The largest absolute Gasteiger partial charge is 0.357 e. The summed E-state index contributed by atoms with van der Waals surface area (Å²) in [6.07, 6.45) is 5.21. The van der Waals surface area contributed by atoms with Crippen molar-refractivity contribution in [1.82, 2.24) is 14.5 Å². The molecule has 5 nitrogen and oxygen atoms in total. The average Bonchev–Trinajstić information content (AvgIpc) is 3.07. The number of nitrogens with one attached hydrogen (secondary N) is 1. The smallest absolute Gasteiger partial charge is 0.275 e. The van der Waals surface area contributed by atoms with Crippen LogP contribution in [0.25, 0.3) is 22.0 Å². The van der Waals surface area contributed by atoms with Gasteiger partial charge in [0.25, 0.3) is 11.5 Å². The minimum absolute atomic E-state index is 0.0734. The number of H-pyrrole nitrogens is 1. The Morgan fingerprint density at radius 3 is 2.71 bits per heavy atom. The van der Waals surface area contributed by atoms with E-state index in [9.17, 15) is 9.59 Å². The minimum atomic E-state index is -0.102. The standard InChI is InChI=1S/C19H19N3O2/c1-4-11-22-12-16(14-9-10-20-17(14)19(22)24)13-7-5-6-8-15(13)18(23)21(2)3/h4-10,12,20H,1,11H2,2-3H3. The molecule has 0 unspecified atom stereocenters. The number of aromatic amines is 1. The molecule has 0 aliphatic rings. The number of nitrogens with zero attached hydrogens (tertiary/aromatic N) is 2. The van der Waals surface area contributed by atoms with Gasteiger partial charge in [0.15, 0.2) is 0 Å². The Hall–Kier alpha value is -3.08. The summed E-state index contributed by atoms with van der Waals surface area (Å²) >= 11 is 0. The monoisotopic (exact) mass is 321 g/mol. The molecular formula is C19H19N3O2. The van der Waals surface area contributed by atoms with Crippen LogP contribution in [0.3, 0.4) is 0 Å². The van der Waals surface area contributed by atoms with Crippen LogP contribution in [0, 0.1) is 0 Å². The van der Waals surface area contributed by atoms with Crippen molar-refractivity contribution in [3.05, 3.63) is 71.3 Å². The van der Waals surface area contributed by atoms with Crippen LogP contribution in [-0.4, -0.2) is 34.5 Å². The summed E-state index contributed by atoms with van der Waals surface area (Å²) in [6, 6.07) is 9.30. The van der Waals surface area contributed by atoms with E-state index >= 15 is 0 Å². The normalized spacial score (nSPS) is 10.8. The van der Waals surface area contributed by atoms with E-state index in [1.165, 1.54) is 0 Å². The molecule has 3 rings (SSSR count). The number of allylic oxidation sites excluding steroid dienone is 1. The van der Waals surface area contributed by atoms with Crippen molar-refractivity contribution in [2.45, 2.75) is 6.54 Å². The van der Waals surface area contributed by atoms with E-state index < -0.39 is 0 Å². The van der Waals surface area contributed by atoms with Gasteiger partial charge in [-0.1, -0.05) is 24.3 Å². The molecule has 0 atom stereocenters. The fourth-order valence-corrected chi connectivity index (χ4v) is 2.83. The molecule has 1 amide bonds. The summed E-state index contributed by atoms with van der Waals surface area (Å²) in [5.41, 5.74) is 2.68. The molecule has 122 valence electrons. The van der Waals surface area contributed by atoms with Gasteiger partial charge in [0.1, 0.15) is 5.52 Å². The summed E-state index contributed by atoms with van der Waals surface area (Å²) in [7, 11) is 3.45. The van der Waals surface area contributed by atoms with Gasteiger partial charge < -0.3 is 14.5 Å². The zero-order chi connectivity index (χ0) is 17.3. The van der Waals surface area contributed by atoms with Crippen LogP contribution in [0.15, 0.2) is 60.2 Å². The lowest BCUT2D eigenvalue weighted by Crippen LogP contribution is -2.23. The Labute approximate surface area is 139 Å². The summed E-state index contributed by atoms with van der Waals surface area (Å²) in [4.78, 5) is 29.6. The van der Waals surface area contributed by atoms with Crippen LogP contribution < -0.4 is 5.56 Å². The van der Waals surface area contributed by atoms with Gasteiger partial charge in [0.05, 0.1) is 0 Å². The molecule has 0 saturated heterocycles. The zero-order valence-corrected chi connectivity index (χ0v) is 13.7. The van der Waals surface area contributed by atoms with E-state index in [0.717, 1.165) is 16.5 Å². The molecule has 0 bridgehead atoms. The second-order valence-corrected chi connectivity index (χ2v) is 5.80. The number of carbonyl (C=O) groups excluding carboxylic acids is 1. The fraction of sp³-hybridized carbons (Fsp3) is 0.158. The van der Waals surface area contributed by atoms with Crippen LogP contribution >= 0.6 is 0 Å². The number of amides is 1. The first-order valence-electron chi connectivity index (χ1n) is 7.67. The molecule has 1 aromatic carbocycles. The van der Waals surface area contributed by atoms with Gasteiger partial charge in [-0.05, 0) is 17.7 Å². The van der Waals surface area contributed by atoms with Crippen molar-refractivity contribution in [3.8, 4) is 11.1 Å². The van der Waals surface area contributed by atoms with Gasteiger partial charge in [0.2, 0.25) is 0 Å². The first kappa shape index (κ1) is 15.8. The predicted molar refractivity (Wildman–Crippen MR) is 96.2 cm³/mol. The van der Waals surface area contributed by atoms with Crippen molar-refractivity contribution in [1.29, 1.82) is 0 Å². The highest BCUT2D eigenvalue weighted by atomic mass is 16.2. The number of hydrogen-bond acceptors (Lipinski definition) is 2. The molecule has 24 heavy (non-hydrogen) atoms. The zero-order valence-electron chi connectivity index (χ0n) is 13.7. The maximum atomic E-state index is 12.5. The van der Waals surface area contributed by atoms with Crippen LogP contribution in [0.2, 0.25) is 0 Å². The number of aromatic nitrogens is 2. The van der Waals surface area contributed by atoms with Gasteiger partial charge in [-0.25, -0.2) is 0 Å². The van der Waals surface area contributed by atoms with Crippen LogP contribution in [0.4, 0.5) is 0 Å². The first-order valence-corrected chi connectivity index (χ1v) is 7.67. The second-order valence-electron chi connectivity index (χ2n) is 5.80. The summed E-state index contributed by atoms with van der Waals surface area (Å²) in [5.74, 6) is -0.0734. The van der Waals surface area contributed by atoms with E-state index in [0.29, 0.717) is 17.6 Å². The molecule has 0 spiro atoms. The van der Waals surface area contributed by atoms with E-state index in [1.54, 1.807) is 48.1 Å². The molecular weight excluding hydrogens is 302 g/mol. The number of rotatable bonds is 4. The molecule has 0 saturated carbocycles. The summed E-state index contributed by atoms with van der Waals surface area (Å²) < 4.78 is 1.60. The molecule has 2 heterocycles. The van der Waals surface area contributed by atoms with Crippen molar-refractivity contribution < 1.29 is 4.79 Å². The Balaban J connectivity index is 2.33. The third-order valence-electron chi connectivity index (χ3n) is 3.98. The molecule has 5 heteroatoms. The molecule has 0 radical (unpaired) electrons. The number of benzene rings is 1. The lowest BCUT2D eigenvalue weighted by Gasteiger charge is -2.16. The molecule has 0 fully saturated rings. The molecule has 2 aromatic heterocycles. The van der Waals surface area contributed by atoms with E-state index in [4.69, 9.17) is 0 Å². The molecule has 1 N–H and O–H groups in total. The third kappa shape index (κ3) is 2.54. The summed E-state index contributed by atoms with van der Waals surface area (Å²) in [5, 5.41) is 0.805. The Morgan fingerprint density at radius 1 is 1.25 bits per heavy atom. The SMILES string of the molecule is C=CCn1cc(-c2ccccc2C(=O)N(C)C)c2cc[nH]c2c1=O. The highest BCUT2D eigenvalue weighted by Gasteiger charge is 2.18. The first-order chi connectivity index (χ1) is 11.5. The highest BCUT2D eigenvalue weighted by Crippen LogP contribution is 2.29. The number of pyridine rings is 1. The maximum Gasteiger partial charge on any atom is 0.275 e. The predicted octanol–water partition coefficient (Wildman–Crippen LogP) is 2.88. The van der Waals surface area contributed by atoms with Crippen molar-refractivity contribution in [2.75, 3.05) is 14.1 Å². The van der Waals surface area contributed by atoms with Gasteiger partial charge in [-0.2, -0.15) is 0 Å². The number of fused-ring (bicyclic) bond motifs is 1. The Morgan fingerprint density at radius 2 is 2.00 bits per heavy atom. The van der Waals surface area contributed by atoms with Crippen molar-refractivity contribution >= 4 is 16.8 Å². The van der Waals surface area contributed by atoms with Gasteiger partial charge in [-0.15, -0.1) is 6.58 Å². The van der Waals surface area contributed by atoms with Gasteiger partial charge >= 0.3 is 0 Å². The topological polar surface area (TPSA) is 58.1 Å². The van der Waals surface area contributed by atoms with Crippen molar-refractivity contribution in [2.24, 2.45) is 0 Å². The van der Waals surface area contributed by atoms with E-state index in [1.807, 2.05) is 24.3 Å². The number of hydrogen-bond donors (Lipinski definition) is 1.